The molecule has 1 aromatic carbocycles. The van der Waals surface area contributed by atoms with Crippen molar-refractivity contribution in [1.82, 2.24) is 14.3 Å². The number of rotatable bonds is 4. The van der Waals surface area contributed by atoms with Gasteiger partial charge in [-0.25, -0.2) is 4.98 Å². The summed E-state index contributed by atoms with van der Waals surface area (Å²) in [4.78, 5) is 18.7. The molecule has 3 aromatic rings. The summed E-state index contributed by atoms with van der Waals surface area (Å²) >= 11 is 12.2. The minimum Gasteiger partial charge on any atom is -0.341 e. The average molecular weight is 362 g/mol. The fourth-order valence-electron chi connectivity index (χ4n) is 2.59. The van der Waals surface area contributed by atoms with E-state index in [9.17, 15) is 4.79 Å². The minimum absolute atomic E-state index is 0.0212. The fraction of sp³-hybridized carbons (Fsp3) is 0.222. The summed E-state index contributed by atoms with van der Waals surface area (Å²) < 4.78 is 1.94. The van der Waals surface area contributed by atoms with Crippen LogP contribution < -0.4 is 0 Å². The molecule has 1 amide bonds. The Bertz CT molecular complexity index is 904. The summed E-state index contributed by atoms with van der Waals surface area (Å²) in [5.41, 5.74) is 3.53. The van der Waals surface area contributed by atoms with Gasteiger partial charge in [0.2, 0.25) is 5.91 Å². The molecule has 0 aliphatic rings. The molecular formula is C18H17Cl2N3O. The van der Waals surface area contributed by atoms with Gasteiger partial charge < -0.3 is 9.30 Å². The Balaban J connectivity index is 1.73. The Morgan fingerprint density at radius 2 is 2.04 bits per heavy atom. The molecule has 0 aliphatic carbocycles. The van der Waals surface area contributed by atoms with E-state index in [1.54, 1.807) is 18.0 Å². The number of benzene rings is 1. The molecule has 0 saturated carbocycles. The highest BCUT2D eigenvalue weighted by Gasteiger charge is 2.15. The lowest BCUT2D eigenvalue weighted by molar-refractivity contribution is -0.129. The van der Waals surface area contributed by atoms with Gasteiger partial charge in [0.1, 0.15) is 5.65 Å². The highest BCUT2D eigenvalue weighted by molar-refractivity contribution is 6.42. The molecule has 2 aromatic heterocycles. The van der Waals surface area contributed by atoms with Crippen molar-refractivity contribution in [2.24, 2.45) is 0 Å². The minimum atomic E-state index is -0.0212. The molecule has 0 aliphatic heterocycles. The van der Waals surface area contributed by atoms with E-state index < -0.39 is 0 Å². The predicted octanol–water partition coefficient (Wildman–Crippen LogP) is 4.15. The van der Waals surface area contributed by atoms with Crippen molar-refractivity contribution >= 4 is 34.8 Å². The Labute approximate surface area is 150 Å². The van der Waals surface area contributed by atoms with E-state index in [0.717, 1.165) is 22.5 Å². The predicted molar refractivity (Wildman–Crippen MR) is 96.6 cm³/mol. The summed E-state index contributed by atoms with van der Waals surface area (Å²) in [5.74, 6) is -0.0212. The zero-order valence-corrected chi connectivity index (χ0v) is 15.0. The van der Waals surface area contributed by atoms with Gasteiger partial charge in [0, 0.05) is 26.0 Å². The molecule has 0 unspecified atom stereocenters. The zero-order valence-electron chi connectivity index (χ0n) is 13.5. The third-order valence-electron chi connectivity index (χ3n) is 3.92. The number of hydrogen-bond acceptors (Lipinski definition) is 2. The van der Waals surface area contributed by atoms with Crippen LogP contribution in [-0.4, -0.2) is 27.2 Å². The number of nitrogens with zero attached hydrogens (tertiary/aromatic N) is 3. The lowest BCUT2D eigenvalue weighted by Crippen LogP contribution is -2.28. The van der Waals surface area contributed by atoms with E-state index in [4.69, 9.17) is 23.2 Å². The Kier molecular flexibility index (Phi) is 4.78. The van der Waals surface area contributed by atoms with Crippen molar-refractivity contribution in [1.29, 1.82) is 0 Å². The van der Waals surface area contributed by atoms with Crippen LogP contribution in [0.1, 0.15) is 16.8 Å². The Morgan fingerprint density at radius 1 is 1.25 bits per heavy atom. The van der Waals surface area contributed by atoms with Crippen molar-refractivity contribution in [3.05, 3.63) is 69.6 Å². The van der Waals surface area contributed by atoms with Crippen molar-refractivity contribution in [2.45, 2.75) is 19.9 Å². The third-order valence-corrected chi connectivity index (χ3v) is 4.78. The molecule has 0 atom stereocenters. The number of pyridine rings is 1. The van der Waals surface area contributed by atoms with Gasteiger partial charge in [-0.2, -0.15) is 0 Å². The number of aryl methyl sites for hydroxylation is 1. The Hall–Kier alpha value is -2.04. The third kappa shape index (κ3) is 3.40. The molecular weight excluding hydrogens is 345 g/mol. The van der Waals surface area contributed by atoms with Crippen LogP contribution in [0, 0.1) is 6.92 Å². The zero-order chi connectivity index (χ0) is 17.3. The van der Waals surface area contributed by atoms with Gasteiger partial charge in [0.25, 0.3) is 0 Å². The van der Waals surface area contributed by atoms with Crippen LogP contribution in [-0.2, 0) is 17.8 Å². The van der Waals surface area contributed by atoms with Crippen LogP contribution >= 0.6 is 23.2 Å². The molecule has 24 heavy (non-hydrogen) atoms. The maximum absolute atomic E-state index is 12.5. The van der Waals surface area contributed by atoms with Gasteiger partial charge in [-0.05, 0) is 30.2 Å². The van der Waals surface area contributed by atoms with Crippen molar-refractivity contribution in [3.63, 3.8) is 0 Å². The van der Waals surface area contributed by atoms with E-state index in [0.29, 0.717) is 16.6 Å². The fourth-order valence-corrected chi connectivity index (χ4v) is 2.97. The molecule has 6 heteroatoms. The topological polar surface area (TPSA) is 37.6 Å². The first-order valence-electron chi connectivity index (χ1n) is 7.56. The number of imidazole rings is 1. The summed E-state index contributed by atoms with van der Waals surface area (Å²) in [6.45, 7) is 2.41. The molecule has 2 heterocycles. The highest BCUT2D eigenvalue weighted by atomic mass is 35.5. The van der Waals surface area contributed by atoms with Crippen LogP contribution in [0.15, 0.2) is 42.7 Å². The molecule has 3 rings (SSSR count). The maximum atomic E-state index is 12.5. The van der Waals surface area contributed by atoms with Crippen LogP contribution in [0.3, 0.4) is 0 Å². The second kappa shape index (κ2) is 6.83. The normalized spacial score (nSPS) is 11.0. The summed E-state index contributed by atoms with van der Waals surface area (Å²) in [6, 6.07) is 9.39. The quantitative estimate of drug-likeness (QED) is 0.699. The first-order chi connectivity index (χ1) is 11.5. The van der Waals surface area contributed by atoms with Gasteiger partial charge in [0.05, 0.1) is 22.2 Å². The Morgan fingerprint density at radius 3 is 2.79 bits per heavy atom. The molecule has 0 spiro atoms. The summed E-state index contributed by atoms with van der Waals surface area (Å²) in [7, 11) is 1.75. The smallest absolute Gasteiger partial charge is 0.228 e. The number of halogens is 2. The molecule has 0 bridgehead atoms. The van der Waals surface area contributed by atoms with Crippen molar-refractivity contribution in [3.8, 4) is 0 Å². The van der Waals surface area contributed by atoms with Crippen molar-refractivity contribution < 1.29 is 4.79 Å². The number of fused-ring (bicyclic) bond motifs is 1. The van der Waals surface area contributed by atoms with E-state index >= 15 is 0 Å². The van der Waals surface area contributed by atoms with Crippen LogP contribution in [0.2, 0.25) is 10.0 Å². The molecule has 0 saturated heterocycles. The summed E-state index contributed by atoms with van der Waals surface area (Å²) in [6.07, 6.45) is 4.06. The average Bonchev–Trinajstić information content (AvgIpc) is 2.95. The van der Waals surface area contributed by atoms with Gasteiger partial charge in [-0.15, -0.1) is 0 Å². The van der Waals surface area contributed by atoms with Crippen molar-refractivity contribution in [2.75, 3.05) is 7.05 Å². The first kappa shape index (κ1) is 16.8. The second-order valence-corrected chi connectivity index (χ2v) is 6.58. The lowest BCUT2D eigenvalue weighted by atomic mass is 10.2. The molecule has 124 valence electrons. The second-order valence-electron chi connectivity index (χ2n) is 5.79. The monoisotopic (exact) mass is 361 g/mol. The van der Waals surface area contributed by atoms with Crippen LogP contribution in [0.5, 0.6) is 0 Å². The van der Waals surface area contributed by atoms with Gasteiger partial charge in [-0.3, -0.25) is 4.79 Å². The molecule has 0 N–H and O–H groups in total. The van der Waals surface area contributed by atoms with E-state index in [1.165, 1.54) is 0 Å². The van der Waals surface area contributed by atoms with Gasteiger partial charge in [-0.1, -0.05) is 41.4 Å². The first-order valence-corrected chi connectivity index (χ1v) is 8.31. The number of carbonyl (C=O) groups is 1. The standard InChI is InChI=1S/C18H17Cl2N3O/c1-12-5-4-8-23-11-14(21-18(12)23)9-16(24)22(2)10-13-6-3-7-15(19)17(13)20/h3-8,11H,9-10H2,1-2H3. The largest absolute Gasteiger partial charge is 0.341 e. The maximum Gasteiger partial charge on any atom is 0.228 e. The number of hydrogen-bond donors (Lipinski definition) is 0. The van der Waals surface area contributed by atoms with Crippen LogP contribution in [0.25, 0.3) is 5.65 Å². The molecule has 4 nitrogen and oxygen atoms in total. The van der Waals surface area contributed by atoms with Crippen LogP contribution in [0.4, 0.5) is 0 Å². The van der Waals surface area contributed by atoms with Gasteiger partial charge in [0.15, 0.2) is 0 Å². The number of aromatic nitrogens is 2. The molecule has 0 radical (unpaired) electrons. The van der Waals surface area contributed by atoms with E-state index in [2.05, 4.69) is 4.98 Å². The van der Waals surface area contributed by atoms with E-state index in [1.807, 2.05) is 48.0 Å². The lowest BCUT2D eigenvalue weighted by Gasteiger charge is -2.18. The number of amides is 1. The molecule has 0 fully saturated rings. The van der Waals surface area contributed by atoms with E-state index in [-0.39, 0.29) is 12.3 Å². The summed E-state index contributed by atoms with van der Waals surface area (Å²) in [5, 5.41) is 0.980. The van der Waals surface area contributed by atoms with Gasteiger partial charge >= 0.3 is 0 Å². The SMILES string of the molecule is Cc1cccn2cc(CC(=O)N(C)Cc3cccc(Cl)c3Cl)nc12. The highest BCUT2D eigenvalue weighted by Crippen LogP contribution is 2.26. The number of carbonyl (C=O) groups excluding carboxylic acids is 1. The number of likely N-dealkylation sites (N-methyl/N-ethyl adjacent to an activating group) is 1.